The summed E-state index contributed by atoms with van der Waals surface area (Å²) in [7, 11) is 1.34. The lowest BCUT2D eigenvalue weighted by molar-refractivity contribution is -0.133. The largest absolute Gasteiger partial charge is 0.507 e. The zero-order valence-corrected chi connectivity index (χ0v) is 18.7. The van der Waals surface area contributed by atoms with E-state index in [-0.39, 0.29) is 45.4 Å². The van der Waals surface area contributed by atoms with E-state index in [1.807, 2.05) is 0 Å². The number of amidine groups is 1. The number of aliphatic carboxylic acids is 2. The number of nitrogens with zero attached hydrogens (tertiary/aromatic N) is 1. The highest BCUT2D eigenvalue weighted by atomic mass is 19.1. The number of imidazole rings is 1. The number of aromatic hydroxyl groups is 1. The van der Waals surface area contributed by atoms with Crippen molar-refractivity contribution in [2.24, 2.45) is 5.73 Å². The Morgan fingerprint density at radius 1 is 1.06 bits per heavy atom. The average Bonchev–Trinajstić information content (AvgIpc) is 3.25. The van der Waals surface area contributed by atoms with E-state index in [0.29, 0.717) is 22.7 Å². The number of fused-ring (bicyclic) bond motifs is 1. The second-order valence-electron chi connectivity index (χ2n) is 7.70. The van der Waals surface area contributed by atoms with Gasteiger partial charge in [0.05, 0.1) is 29.3 Å². The Kier molecular flexibility index (Phi) is 6.13. The summed E-state index contributed by atoms with van der Waals surface area (Å²) in [6.45, 7) is 0. The van der Waals surface area contributed by atoms with Crippen LogP contribution in [-0.2, 0) is 9.59 Å². The average molecular weight is 490 g/mol. The Bertz CT molecular complexity index is 1590. The van der Waals surface area contributed by atoms with Gasteiger partial charge in [-0.25, -0.2) is 19.0 Å². The van der Waals surface area contributed by atoms with Crippen LogP contribution in [0.5, 0.6) is 11.5 Å². The fourth-order valence-corrected chi connectivity index (χ4v) is 3.76. The van der Waals surface area contributed by atoms with Gasteiger partial charge in [-0.05, 0) is 54.1 Å². The van der Waals surface area contributed by atoms with Gasteiger partial charge in [0.15, 0.2) is 0 Å². The lowest BCUT2D eigenvalue weighted by Gasteiger charge is -2.15. The minimum absolute atomic E-state index is 0.0127. The van der Waals surface area contributed by atoms with Crippen LogP contribution in [0, 0.1) is 11.2 Å². The molecule has 0 unspecified atom stereocenters. The normalized spacial score (nSPS) is 11.4. The summed E-state index contributed by atoms with van der Waals surface area (Å²) < 4.78 is 19.5. The Balaban J connectivity index is 2.05. The summed E-state index contributed by atoms with van der Waals surface area (Å²) in [6.07, 6.45) is 0.517. The highest BCUT2D eigenvalue weighted by Crippen LogP contribution is 2.43. The molecule has 0 aliphatic heterocycles. The second-order valence-corrected chi connectivity index (χ2v) is 7.70. The Morgan fingerprint density at radius 2 is 1.78 bits per heavy atom. The number of phenolic OH excluding ortho intramolecular Hbond substituents is 1. The maximum Gasteiger partial charge on any atom is 0.336 e. The summed E-state index contributed by atoms with van der Waals surface area (Å²) in [6, 6.07) is 10.9. The number of nitrogens with one attached hydrogen (secondary N) is 2. The van der Waals surface area contributed by atoms with Gasteiger partial charge in [0, 0.05) is 22.8 Å². The summed E-state index contributed by atoms with van der Waals surface area (Å²) in [4.78, 5) is 30.6. The fraction of sp³-hybridized carbons (Fsp3) is 0.0400. The van der Waals surface area contributed by atoms with Crippen molar-refractivity contribution in [1.29, 1.82) is 5.41 Å². The molecule has 0 aliphatic carbocycles. The number of nitrogen functional groups attached to an aromatic ring is 1. The first-order chi connectivity index (χ1) is 17.1. The van der Waals surface area contributed by atoms with Crippen molar-refractivity contribution in [2.75, 3.05) is 7.11 Å². The zero-order valence-electron chi connectivity index (χ0n) is 18.7. The molecule has 182 valence electrons. The number of hydrogen-bond donors (Lipinski definition) is 6. The SMILES string of the molecule is COc1ccc(F)cc1-c1cc(/C(=C/C(=O)O)C(=O)O)cc(-c2nc3ccc(C(=N)N)cc3[nH]2)c1O. The summed E-state index contributed by atoms with van der Waals surface area (Å²) in [5, 5.41) is 37.7. The zero-order chi connectivity index (χ0) is 26.1. The van der Waals surface area contributed by atoms with E-state index in [1.54, 1.807) is 18.2 Å². The summed E-state index contributed by atoms with van der Waals surface area (Å²) in [5.74, 6) is -3.91. The first-order valence-corrected chi connectivity index (χ1v) is 10.3. The number of ether oxygens (including phenoxy) is 1. The van der Waals surface area contributed by atoms with Gasteiger partial charge in [-0.1, -0.05) is 0 Å². The van der Waals surface area contributed by atoms with Crippen molar-refractivity contribution in [3.63, 3.8) is 0 Å². The topological polar surface area (TPSA) is 183 Å². The third-order valence-corrected chi connectivity index (χ3v) is 5.42. The van der Waals surface area contributed by atoms with Gasteiger partial charge in [-0.3, -0.25) is 5.41 Å². The number of hydrogen-bond acceptors (Lipinski definition) is 6. The molecule has 1 aromatic heterocycles. The third-order valence-electron chi connectivity index (χ3n) is 5.42. The number of phenols is 1. The van der Waals surface area contributed by atoms with Crippen molar-refractivity contribution in [1.82, 2.24) is 9.97 Å². The number of H-pyrrole nitrogens is 1. The number of halogens is 1. The Labute approximate surface area is 202 Å². The summed E-state index contributed by atoms with van der Waals surface area (Å²) in [5.41, 5.74) is 6.38. The lowest BCUT2D eigenvalue weighted by atomic mass is 9.93. The van der Waals surface area contributed by atoms with Crippen molar-refractivity contribution in [2.45, 2.75) is 0 Å². The number of rotatable bonds is 7. The molecule has 3 aromatic carbocycles. The van der Waals surface area contributed by atoms with Crippen molar-refractivity contribution in [3.05, 3.63) is 71.6 Å². The molecule has 0 aliphatic rings. The minimum atomic E-state index is -1.53. The van der Waals surface area contributed by atoms with Crippen molar-refractivity contribution >= 4 is 34.4 Å². The maximum atomic E-state index is 14.2. The van der Waals surface area contributed by atoms with Crippen LogP contribution < -0.4 is 10.5 Å². The van der Waals surface area contributed by atoms with E-state index in [9.17, 15) is 29.3 Å². The highest BCUT2D eigenvalue weighted by molar-refractivity contribution is 6.20. The van der Waals surface area contributed by atoms with Crippen LogP contribution in [0.1, 0.15) is 11.1 Å². The van der Waals surface area contributed by atoms with E-state index < -0.39 is 23.3 Å². The molecular formula is C25H19FN4O6. The molecule has 0 radical (unpaired) electrons. The van der Waals surface area contributed by atoms with Crippen LogP contribution in [0.15, 0.2) is 54.6 Å². The van der Waals surface area contributed by atoms with Gasteiger partial charge < -0.3 is 30.8 Å². The standard InChI is InChI=1S/C25H19FN4O6/c1-36-20-5-3-13(26)9-15(20)16-6-12(14(25(34)35)10-21(31)32)7-17(22(16)33)24-29-18-4-2-11(23(27)28)8-19(18)30-24/h2-10,33H,1H3,(H3,27,28)(H,29,30)(H,31,32)(H,34,35)/b14-10-. The minimum Gasteiger partial charge on any atom is -0.507 e. The summed E-state index contributed by atoms with van der Waals surface area (Å²) >= 11 is 0. The van der Waals surface area contributed by atoms with Gasteiger partial charge in [0.2, 0.25) is 0 Å². The molecule has 4 rings (SSSR count). The predicted molar refractivity (Wildman–Crippen MR) is 129 cm³/mol. The van der Waals surface area contributed by atoms with Gasteiger partial charge in [-0.2, -0.15) is 0 Å². The van der Waals surface area contributed by atoms with Crippen LogP contribution in [-0.4, -0.2) is 50.2 Å². The quantitative estimate of drug-likeness (QED) is 0.129. The van der Waals surface area contributed by atoms with Gasteiger partial charge >= 0.3 is 11.9 Å². The number of carboxylic acid groups (broad SMARTS) is 2. The van der Waals surface area contributed by atoms with Gasteiger partial charge in [0.1, 0.15) is 29.0 Å². The Hall–Kier alpha value is -5.19. The lowest BCUT2D eigenvalue weighted by Crippen LogP contribution is -2.10. The van der Waals surface area contributed by atoms with Crippen molar-refractivity contribution in [3.8, 4) is 34.0 Å². The number of carboxylic acids is 2. The van der Waals surface area contributed by atoms with E-state index in [1.165, 1.54) is 25.3 Å². The molecule has 0 saturated heterocycles. The molecule has 0 bridgehead atoms. The monoisotopic (exact) mass is 490 g/mol. The van der Waals surface area contributed by atoms with Crippen LogP contribution in [0.4, 0.5) is 4.39 Å². The van der Waals surface area contributed by atoms with Crippen LogP contribution in [0.3, 0.4) is 0 Å². The van der Waals surface area contributed by atoms with E-state index in [4.69, 9.17) is 15.9 Å². The molecule has 0 spiro atoms. The molecule has 4 aromatic rings. The number of aromatic nitrogens is 2. The van der Waals surface area contributed by atoms with Gasteiger partial charge in [-0.15, -0.1) is 0 Å². The van der Waals surface area contributed by atoms with E-state index >= 15 is 0 Å². The molecular weight excluding hydrogens is 471 g/mol. The van der Waals surface area contributed by atoms with Gasteiger partial charge in [0.25, 0.3) is 0 Å². The number of aromatic amines is 1. The number of nitrogens with two attached hydrogens (primary N) is 1. The number of carbonyl (C=O) groups is 2. The molecule has 36 heavy (non-hydrogen) atoms. The molecule has 11 heteroatoms. The first-order valence-electron chi connectivity index (χ1n) is 10.3. The smallest absolute Gasteiger partial charge is 0.336 e. The van der Waals surface area contributed by atoms with Crippen LogP contribution >= 0.6 is 0 Å². The van der Waals surface area contributed by atoms with Crippen LogP contribution in [0.25, 0.3) is 39.1 Å². The molecule has 0 atom stereocenters. The van der Waals surface area contributed by atoms with E-state index in [2.05, 4.69) is 9.97 Å². The number of methoxy groups -OCH3 is 1. The second kappa shape index (κ2) is 9.22. The molecule has 1 heterocycles. The fourth-order valence-electron chi connectivity index (χ4n) is 3.76. The third kappa shape index (κ3) is 4.44. The molecule has 0 fully saturated rings. The predicted octanol–water partition coefficient (Wildman–Crippen LogP) is 3.59. The molecule has 7 N–H and O–H groups in total. The van der Waals surface area contributed by atoms with E-state index in [0.717, 1.165) is 12.1 Å². The Morgan fingerprint density at radius 3 is 2.42 bits per heavy atom. The first kappa shape index (κ1) is 24.0. The molecule has 0 amide bonds. The molecule has 0 saturated carbocycles. The van der Waals surface area contributed by atoms with Crippen molar-refractivity contribution < 1.29 is 34.0 Å². The maximum absolute atomic E-state index is 14.2. The van der Waals surface area contributed by atoms with Crippen LogP contribution in [0.2, 0.25) is 0 Å². The number of benzene rings is 3. The molecule has 10 nitrogen and oxygen atoms in total. The highest BCUT2D eigenvalue weighted by Gasteiger charge is 2.23.